The molecule has 0 saturated heterocycles. The van der Waals surface area contributed by atoms with Crippen LogP contribution in [0.15, 0.2) is 48.8 Å². The standard InChI is InChI=1S/C21H21FN6O/c1-4-27-10-9-15(25-27)13-26(3)21(29)16-11-14(2)24-20-17(16)12-23-28(20)19-8-6-5-7-18(19)22/h5-12H,4,13H2,1-3H3. The average Bonchev–Trinajstić information content (AvgIpc) is 3.34. The summed E-state index contributed by atoms with van der Waals surface area (Å²) < 4.78 is 17.5. The number of carbonyl (C=O) groups excluding carboxylic acids is 1. The second-order valence-corrected chi connectivity index (χ2v) is 6.88. The van der Waals surface area contributed by atoms with E-state index in [0.717, 1.165) is 12.2 Å². The lowest BCUT2D eigenvalue weighted by Gasteiger charge is -2.17. The van der Waals surface area contributed by atoms with Crippen molar-refractivity contribution < 1.29 is 9.18 Å². The zero-order valence-electron chi connectivity index (χ0n) is 16.5. The molecule has 0 aliphatic heterocycles. The van der Waals surface area contributed by atoms with Gasteiger partial charge in [0.15, 0.2) is 5.65 Å². The van der Waals surface area contributed by atoms with Gasteiger partial charge in [0, 0.05) is 25.5 Å². The second-order valence-electron chi connectivity index (χ2n) is 6.88. The maximum absolute atomic E-state index is 14.3. The zero-order chi connectivity index (χ0) is 20.5. The Bertz CT molecular complexity index is 1200. The maximum Gasteiger partial charge on any atom is 0.254 e. The van der Waals surface area contributed by atoms with Crippen LogP contribution in [0.3, 0.4) is 0 Å². The van der Waals surface area contributed by atoms with Gasteiger partial charge in [-0.2, -0.15) is 10.2 Å². The number of hydrogen-bond acceptors (Lipinski definition) is 4. The minimum Gasteiger partial charge on any atom is -0.336 e. The van der Waals surface area contributed by atoms with Gasteiger partial charge >= 0.3 is 0 Å². The number of carbonyl (C=O) groups is 1. The third-order valence-electron chi connectivity index (χ3n) is 4.75. The largest absolute Gasteiger partial charge is 0.336 e. The molecule has 0 bridgehead atoms. The summed E-state index contributed by atoms with van der Waals surface area (Å²) in [5, 5.41) is 9.31. The molecule has 0 atom stereocenters. The fourth-order valence-electron chi connectivity index (χ4n) is 3.29. The quantitative estimate of drug-likeness (QED) is 0.522. The molecule has 3 heterocycles. The van der Waals surface area contributed by atoms with Gasteiger partial charge in [0.25, 0.3) is 5.91 Å². The first-order valence-electron chi connectivity index (χ1n) is 9.36. The van der Waals surface area contributed by atoms with E-state index in [1.54, 1.807) is 49.3 Å². The molecule has 0 N–H and O–H groups in total. The highest BCUT2D eigenvalue weighted by Gasteiger charge is 2.20. The predicted octanol–water partition coefficient (Wildman–Crippen LogP) is 3.36. The van der Waals surface area contributed by atoms with E-state index in [4.69, 9.17) is 0 Å². The number of para-hydroxylation sites is 1. The van der Waals surface area contributed by atoms with Crippen LogP contribution < -0.4 is 0 Å². The van der Waals surface area contributed by atoms with E-state index in [0.29, 0.717) is 28.8 Å². The van der Waals surface area contributed by atoms with E-state index in [-0.39, 0.29) is 11.6 Å². The predicted molar refractivity (Wildman–Crippen MR) is 107 cm³/mol. The number of amides is 1. The molecule has 4 rings (SSSR count). The van der Waals surface area contributed by atoms with Crippen molar-refractivity contribution in [3.8, 4) is 5.69 Å². The highest BCUT2D eigenvalue weighted by atomic mass is 19.1. The molecule has 0 saturated carbocycles. The summed E-state index contributed by atoms with van der Waals surface area (Å²) in [6.07, 6.45) is 3.45. The molecule has 0 aliphatic rings. The second kappa shape index (κ2) is 7.46. The summed E-state index contributed by atoms with van der Waals surface area (Å²) >= 11 is 0. The lowest BCUT2D eigenvalue weighted by molar-refractivity contribution is 0.0785. The van der Waals surface area contributed by atoms with Crippen molar-refractivity contribution in [2.45, 2.75) is 26.9 Å². The SMILES string of the molecule is CCn1ccc(CN(C)C(=O)c2cc(C)nc3c2cnn3-c2ccccc2F)n1. The summed E-state index contributed by atoms with van der Waals surface area (Å²) in [7, 11) is 1.73. The van der Waals surface area contributed by atoms with Gasteiger partial charge in [0.2, 0.25) is 0 Å². The Balaban J connectivity index is 1.72. The molecule has 4 aromatic rings. The smallest absolute Gasteiger partial charge is 0.254 e. The molecule has 3 aromatic heterocycles. The Morgan fingerprint density at radius 2 is 2.03 bits per heavy atom. The average molecular weight is 392 g/mol. The number of aryl methyl sites for hydroxylation is 2. The minimum atomic E-state index is -0.405. The fourth-order valence-corrected chi connectivity index (χ4v) is 3.29. The van der Waals surface area contributed by atoms with E-state index >= 15 is 0 Å². The molecule has 1 amide bonds. The topological polar surface area (TPSA) is 68.8 Å². The lowest BCUT2D eigenvalue weighted by atomic mass is 10.1. The summed E-state index contributed by atoms with van der Waals surface area (Å²) in [5.41, 5.74) is 2.68. The van der Waals surface area contributed by atoms with Crippen molar-refractivity contribution in [1.29, 1.82) is 0 Å². The Labute approximate surface area is 167 Å². The zero-order valence-corrected chi connectivity index (χ0v) is 16.5. The normalized spacial score (nSPS) is 11.2. The van der Waals surface area contributed by atoms with Crippen LogP contribution in [-0.2, 0) is 13.1 Å². The summed E-state index contributed by atoms with van der Waals surface area (Å²) in [4.78, 5) is 19.3. The molecule has 0 unspecified atom stereocenters. The van der Waals surface area contributed by atoms with Crippen LogP contribution in [0, 0.1) is 12.7 Å². The molecule has 29 heavy (non-hydrogen) atoms. The van der Waals surface area contributed by atoms with Gasteiger partial charge in [-0.3, -0.25) is 9.48 Å². The third kappa shape index (κ3) is 3.49. The van der Waals surface area contributed by atoms with Crippen LogP contribution in [0.2, 0.25) is 0 Å². The molecule has 7 nitrogen and oxygen atoms in total. The molecular weight excluding hydrogens is 371 g/mol. The summed E-state index contributed by atoms with van der Waals surface area (Å²) in [6, 6.07) is 9.98. The molecule has 148 valence electrons. The Hall–Kier alpha value is -3.55. The van der Waals surface area contributed by atoms with Crippen molar-refractivity contribution in [1.82, 2.24) is 29.4 Å². The number of halogens is 1. The van der Waals surface area contributed by atoms with Crippen LogP contribution in [0.5, 0.6) is 0 Å². The highest BCUT2D eigenvalue weighted by Crippen LogP contribution is 2.24. The monoisotopic (exact) mass is 392 g/mol. The molecule has 1 aromatic carbocycles. The molecule has 0 fully saturated rings. The van der Waals surface area contributed by atoms with Gasteiger partial charge in [-0.05, 0) is 38.1 Å². The van der Waals surface area contributed by atoms with Gasteiger partial charge < -0.3 is 4.90 Å². The van der Waals surface area contributed by atoms with Crippen LogP contribution in [0.1, 0.15) is 28.7 Å². The van der Waals surface area contributed by atoms with Crippen molar-refractivity contribution in [2.24, 2.45) is 0 Å². The first-order valence-corrected chi connectivity index (χ1v) is 9.36. The minimum absolute atomic E-state index is 0.167. The van der Waals surface area contributed by atoms with Gasteiger partial charge in [-0.15, -0.1) is 0 Å². The van der Waals surface area contributed by atoms with Crippen LogP contribution in [0.25, 0.3) is 16.7 Å². The number of rotatable bonds is 5. The van der Waals surface area contributed by atoms with Crippen LogP contribution in [-0.4, -0.2) is 42.4 Å². The van der Waals surface area contributed by atoms with Crippen molar-refractivity contribution in [3.63, 3.8) is 0 Å². The number of aromatic nitrogens is 5. The lowest BCUT2D eigenvalue weighted by Crippen LogP contribution is -2.27. The van der Waals surface area contributed by atoms with Gasteiger partial charge in [-0.1, -0.05) is 12.1 Å². The Morgan fingerprint density at radius 3 is 2.76 bits per heavy atom. The van der Waals surface area contributed by atoms with E-state index in [2.05, 4.69) is 15.2 Å². The van der Waals surface area contributed by atoms with E-state index in [1.165, 1.54) is 10.7 Å². The number of fused-ring (bicyclic) bond motifs is 1. The molecular formula is C21H21FN6O. The molecule has 0 aliphatic carbocycles. The molecule has 0 radical (unpaired) electrons. The first kappa shape index (κ1) is 18.8. The van der Waals surface area contributed by atoms with Gasteiger partial charge in [-0.25, -0.2) is 14.1 Å². The number of nitrogens with zero attached hydrogens (tertiary/aromatic N) is 6. The first-order chi connectivity index (χ1) is 14.0. The van der Waals surface area contributed by atoms with E-state index in [9.17, 15) is 9.18 Å². The van der Waals surface area contributed by atoms with Crippen LogP contribution in [0.4, 0.5) is 4.39 Å². The summed E-state index contributed by atoms with van der Waals surface area (Å²) in [6.45, 7) is 4.97. The number of hydrogen-bond donors (Lipinski definition) is 0. The highest BCUT2D eigenvalue weighted by molar-refractivity contribution is 6.05. The third-order valence-corrected chi connectivity index (χ3v) is 4.75. The Kier molecular flexibility index (Phi) is 4.84. The summed E-state index contributed by atoms with van der Waals surface area (Å²) in [5.74, 6) is -0.572. The maximum atomic E-state index is 14.3. The van der Waals surface area contributed by atoms with Crippen LogP contribution >= 0.6 is 0 Å². The fraction of sp³-hybridized carbons (Fsp3) is 0.238. The van der Waals surface area contributed by atoms with Crippen molar-refractivity contribution >= 4 is 16.9 Å². The van der Waals surface area contributed by atoms with Gasteiger partial charge in [0.05, 0.1) is 29.4 Å². The van der Waals surface area contributed by atoms with E-state index < -0.39 is 5.82 Å². The molecule has 0 spiro atoms. The van der Waals surface area contributed by atoms with Crippen molar-refractivity contribution in [2.75, 3.05) is 7.05 Å². The van der Waals surface area contributed by atoms with E-state index in [1.807, 2.05) is 23.9 Å². The number of pyridine rings is 1. The number of benzene rings is 1. The molecule has 8 heteroatoms. The van der Waals surface area contributed by atoms with Gasteiger partial charge in [0.1, 0.15) is 11.5 Å². The Morgan fingerprint density at radius 1 is 1.24 bits per heavy atom. The van der Waals surface area contributed by atoms with Crippen molar-refractivity contribution in [3.05, 3.63) is 71.6 Å².